The van der Waals surface area contributed by atoms with Gasteiger partial charge in [0.1, 0.15) is 0 Å². The molecule has 2 aliphatic rings. The fraction of sp³-hybridized carbons (Fsp3) is 0.579. The highest BCUT2D eigenvalue weighted by Gasteiger charge is 2.28. The highest BCUT2D eigenvalue weighted by Crippen LogP contribution is 2.18. The van der Waals surface area contributed by atoms with Gasteiger partial charge in [0.15, 0.2) is 0 Å². The maximum Gasteiger partial charge on any atom is 0.251 e. The van der Waals surface area contributed by atoms with Gasteiger partial charge in [0, 0.05) is 43.3 Å². The summed E-state index contributed by atoms with van der Waals surface area (Å²) in [6, 6.07) is 7.05. The van der Waals surface area contributed by atoms with Gasteiger partial charge in [-0.3, -0.25) is 14.5 Å². The first-order chi connectivity index (χ1) is 12.6. The fourth-order valence-corrected chi connectivity index (χ4v) is 3.09. The van der Waals surface area contributed by atoms with Crippen LogP contribution in [0.15, 0.2) is 24.3 Å². The molecule has 2 heterocycles. The lowest BCUT2D eigenvalue weighted by Gasteiger charge is -2.31. The number of nitrogens with zero attached hydrogens (tertiary/aromatic N) is 1. The second-order valence-electron chi connectivity index (χ2n) is 6.98. The SMILES string of the molecule is CC(C(=O)Nc1ccc(C(=O)NCCN2CCOCC2)cc1)C1CNC1.Cl.Cl. The average molecular weight is 433 g/mol. The minimum Gasteiger partial charge on any atom is -0.379 e. The molecule has 0 radical (unpaired) electrons. The number of benzene rings is 1. The van der Waals surface area contributed by atoms with Crippen LogP contribution in [0.2, 0.25) is 0 Å². The molecule has 2 amide bonds. The Morgan fingerprint density at radius 2 is 1.82 bits per heavy atom. The summed E-state index contributed by atoms with van der Waals surface area (Å²) < 4.78 is 5.31. The van der Waals surface area contributed by atoms with Crippen LogP contribution in [-0.4, -0.2) is 69.2 Å². The molecular weight excluding hydrogens is 403 g/mol. The zero-order valence-electron chi connectivity index (χ0n) is 16.1. The van der Waals surface area contributed by atoms with E-state index in [2.05, 4.69) is 20.9 Å². The predicted octanol–water partition coefficient (Wildman–Crippen LogP) is 1.39. The van der Waals surface area contributed by atoms with Crippen molar-refractivity contribution in [2.45, 2.75) is 6.92 Å². The van der Waals surface area contributed by atoms with Crippen molar-refractivity contribution < 1.29 is 14.3 Å². The van der Waals surface area contributed by atoms with Crippen molar-refractivity contribution in [3.05, 3.63) is 29.8 Å². The number of morpholine rings is 1. The van der Waals surface area contributed by atoms with Crippen molar-refractivity contribution in [3.8, 4) is 0 Å². The van der Waals surface area contributed by atoms with Crippen LogP contribution >= 0.6 is 24.8 Å². The van der Waals surface area contributed by atoms with Crippen LogP contribution in [0.5, 0.6) is 0 Å². The summed E-state index contributed by atoms with van der Waals surface area (Å²) >= 11 is 0. The molecule has 7 nitrogen and oxygen atoms in total. The minimum atomic E-state index is -0.0925. The van der Waals surface area contributed by atoms with Gasteiger partial charge in [-0.25, -0.2) is 0 Å². The van der Waals surface area contributed by atoms with E-state index in [0.29, 0.717) is 18.0 Å². The molecule has 0 aromatic heterocycles. The van der Waals surface area contributed by atoms with E-state index in [1.165, 1.54) is 0 Å². The van der Waals surface area contributed by atoms with Crippen molar-refractivity contribution in [3.63, 3.8) is 0 Å². The van der Waals surface area contributed by atoms with E-state index in [1.807, 2.05) is 6.92 Å². The van der Waals surface area contributed by atoms with Gasteiger partial charge in [-0.1, -0.05) is 6.92 Å². The van der Waals surface area contributed by atoms with Gasteiger partial charge in [0.2, 0.25) is 5.91 Å². The molecule has 1 aromatic rings. The Labute approximate surface area is 178 Å². The van der Waals surface area contributed by atoms with Gasteiger partial charge in [0.25, 0.3) is 5.91 Å². The second-order valence-corrected chi connectivity index (χ2v) is 6.98. The third-order valence-electron chi connectivity index (χ3n) is 5.17. The number of ether oxygens (including phenoxy) is 1. The van der Waals surface area contributed by atoms with E-state index in [0.717, 1.165) is 51.6 Å². The predicted molar refractivity (Wildman–Crippen MR) is 115 cm³/mol. The van der Waals surface area contributed by atoms with Crippen LogP contribution in [-0.2, 0) is 9.53 Å². The Kier molecular flexibility index (Phi) is 10.8. The number of carbonyl (C=O) groups excluding carboxylic acids is 2. The summed E-state index contributed by atoms with van der Waals surface area (Å²) in [4.78, 5) is 26.7. The summed E-state index contributed by atoms with van der Waals surface area (Å²) in [5.74, 6) is 0.329. The normalized spacial score (nSPS) is 18.0. The van der Waals surface area contributed by atoms with Gasteiger partial charge >= 0.3 is 0 Å². The molecule has 2 aliphatic heterocycles. The number of nitrogens with one attached hydrogen (secondary N) is 3. The molecule has 3 rings (SSSR count). The van der Waals surface area contributed by atoms with E-state index in [4.69, 9.17) is 4.74 Å². The van der Waals surface area contributed by atoms with E-state index in [9.17, 15) is 9.59 Å². The quantitative estimate of drug-likeness (QED) is 0.606. The van der Waals surface area contributed by atoms with Gasteiger partial charge in [-0.15, -0.1) is 24.8 Å². The summed E-state index contributed by atoms with van der Waals surface area (Å²) in [6.07, 6.45) is 0. The lowest BCUT2D eigenvalue weighted by Crippen LogP contribution is -2.48. The zero-order chi connectivity index (χ0) is 18.4. The number of hydrogen-bond donors (Lipinski definition) is 3. The highest BCUT2D eigenvalue weighted by atomic mass is 35.5. The van der Waals surface area contributed by atoms with E-state index in [1.54, 1.807) is 24.3 Å². The van der Waals surface area contributed by atoms with Crippen molar-refractivity contribution in [1.29, 1.82) is 0 Å². The zero-order valence-corrected chi connectivity index (χ0v) is 17.7. The number of anilines is 1. The Balaban J connectivity index is 0.00000196. The van der Waals surface area contributed by atoms with Crippen LogP contribution in [0.4, 0.5) is 5.69 Å². The summed E-state index contributed by atoms with van der Waals surface area (Å²) in [5.41, 5.74) is 1.32. The van der Waals surface area contributed by atoms with Crippen molar-refractivity contribution >= 4 is 42.3 Å². The van der Waals surface area contributed by atoms with Gasteiger partial charge in [-0.2, -0.15) is 0 Å². The lowest BCUT2D eigenvalue weighted by molar-refractivity contribution is -0.121. The molecule has 3 N–H and O–H groups in total. The molecule has 9 heteroatoms. The molecule has 0 aliphatic carbocycles. The van der Waals surface area contributed by atoms with Crippen LogP contribution < -0.4 is 16.0 Å². The summed E-state index contributed by atoms with van der Waals surface area (Å²) in [6.45, 7) is 8.56. The minimum absolute atomic E-state index is 0. The Morgan fingerprint density at radius 3 is 2.39 bits per heavy atom. The van der Waals surface area contributed by atoms with Crippen LogP contribution in [0.25, 0.3) is 0 Å². The third kappa shape index (κ3) is 6.90. The van der Waals surface area contributed by atoms with Crippen LogP contribution in [0, 0.1) is 11.8 Å². The number of amides is 2. The topological polar surface area (TPSA) is 82.7 Å². The monoisotopic (exact) mass is 432 g/mol. The molecule has 1 aromatic carbocycles. The van der Waals surface area contributed by atoms with E-state index in [-0.39, 0.29) is 42.5 Å². The molecule has 1 atom stereocenters. The Bertz CT molecular complexity index is 620. The first-order valence-electron chi connectivity index (χ1n) is 9.33. The molecule has 158 valence electrons. The lowest BCUT2D eigenvalue weighted by atomic mass is 9.88. The molecule has 1 unspecified atom stereocenters. The number of carbonyl (C=O) groups is 2. The van der Waals surface area contributed by atoms with Gasteiger partial charge < -0.3 is 20.7 Å². The second kappa shape index (κ2) is 12.2. The summed E-state index contributed by atoms with van der Waals surface area (Å²) in [5, 5.41) is 9.05. The first-order valence-corrected chi connectivity index (χ1v) is 9.33. The molecule has 0 spiro atoms. The highest BCUT2D eigenvalue weighted by molar-refractivity contribution is 5.96. The first kappa shape index (κ1) is 24.7. The molecule has 0 bridgehead atoms. The third-order valence-corrected chi connectivity index (χ3v) is 5.17. The molecule has 28 heavy (non-hydrogen) atoms. The largest absolute Gasteiger partial charge is 0.379 e. The van der Waals surface area contributed by atoms with Gasteiger partial charge in [0.05, 0.1) is 13.2 Å². The fourth-order valence-electron chi connectivity index (χ4n) is 3.09. The molecule has 2 fully saturated rings. The molecular formula is C19H30Cl2N4O3. The number of halogens is 2. The maximum absolute atomic E-state index is 12.2. The maximum atomic E-state index is 12.2. The standard InChI is InChI=1S/C19H28N4O3.2ClH/c1-14(16-12-20-13-16)18(24)22-17-4-2-15(3-5-17)19(25)21-6-7-23-8-10-26-11-9-23;;/h2-5,14,16,20H,6-13H2,1H3,(H,21,25)(H,22,24);2*1H. The van der Waals surface area contributed by atoms with Crippen molar-refractivity contribution in [1.82, 2.24) is 15.5 Å². The summed E-state index contributed by atoms with van der Waals surface area (Å²) in [7, 11) is 0. The molecule has 0 saturated carbocycles. The number of rotatable bonds is 7. The Hall–Kier alpha value is -1.38. The van der Waals surface area contributed by atoms with Crippen molar-refractivity contribution in [2.24, 2.45) is 11.8 Å². The molecule has 2 saturated heterocycles. The van der Waals surface area contributed by atoms with E-state index < -0.39 is 0 Å². The van der Waals surface area contributed by atoms with E-state index >= 15 is 0 Å². The van der Waals surface area contributed by atoms with Crippen molar-refractivity contribution in [2.75, 3.05) is 57.8 Å². The van der Waals surface area contributed by atoms with Crippen LogP contribution in [0.1, 0.15) is 17.3 Å². The van der Waals surface area contributed by atoms with Crippen LogP contribution in [0.3, 0.4) is 0 Å². The number of hydrogen-bond acceptors (Lipinski definition) is 5. The smallest absolute Gasteiger partial charge is 0.251 e. The van der Waals surface area contributed by atoms with Gasteiger partial charge in [-0.05, 0) is 43.3 Å². The Morgan fingerprint density at radius 1 is 1.18 bits per heavy atom. The average Bonchev–Trinajstić information content (AvgIpc) is 2.61.